The summed E-state index contributed by atoms with van der Waals surface area (Å²) >= 11 is 0. The topological polar surface area (TPSA) is 55.6 Å². The van der Waals surface area contributed by atoms with Gasteiger partial charge in [0.05, 0.1) is 12.6 Å². The van der Waals surface area contributed by atoms with Gasteiger partial charge in [0.25, 0.3) is 5.91 Å². The molecular weight excluding hydrogens is 216 g/mol. The Kier molecular flexibility index (Phi) is 3.76. The normalized spacial score (nSPS) is 20.7. The molecule has 0 aromatic heterocycles. The molecule has 0 spiro atoms. The molecule has 0 bridgehead atoms. The molecule has 2 rings (SSSR count). The van der Waals surface area contributed by atoms with Crippen molar-refractivity contribution in [3.63, 3.8) is 0 Å². The van der Waals surface area contributed by atoms with Gasteiger partial charge in [0.15, 0.2) is 0 Å². The van der Waals surface area contributed by atoms with Crippen LogP contribution in [0.3, 0.4) is 0 Å². The summed E-state index contributed by atoms with van der Waals surface area (Å²) in [6.07, 6.45) is 0.853. The molecule has 1 aromatic carbocycles. The van der Waals surface area contributed by atoms with Crippen molar-refractivity contribution >= 4 is 11.6 Å². The van der Waals surface area contributed by atoms with E-state index in [1.54, 1.807) is 4.90 Å². The number of morpholine rings is 1. The van der Waals surface area contributed by atoms with Crippen LogP contribution in [0.5, 0.6) is 0 Å². The highest BCUT2D eigenvalue weighted by atomic mass is 16.5. The number of benzene rings is 1. The first kappa shape index (κ1) is 12.1. The predicted molar refractivity (Wildman–Crippen MR) is 67.0 cm³/mol. The predicted octanol–water partition coefficient (Wildman–Crippen LogP) is 0.940. The highest BCUT2D eigenvalue weighted by Crippen LogP contribution is 2.23. The molecule has 1 aliphatic rings. The number of para-hydroxylation sites is 1. The Morgan fingerprint density at radius 2 is 2.24 bits per heavy atom. The highest BCUT2D eigenvalue weighted by Gasteiger charge is 2.27. The lowest BCUT2D eigenvalue weighted by molar-refractivity contribution is -0.128. The lowest BCUT2D eigenvalue weighted by atomic mass is 10.1. The van der Waals surface area contributed by atoms with Crippen LogP contribution in [0.2, 0.25) is 0 Å². The third kappa shape index (κ3) is 2.48. The maximum absolute atomic E-state index is 11.9. The molecule has 0 radical (unpaired) electrons. The molecule has 1 atom stereocenters. The van der Waals surface area contributed by atoms with E-state index in [0.29, 0.717) is 13.1 Å². The van der Waals surface area contributed by atoms with Gasteiger partial charge in [-0.3, -0.25) is 4.79 Å². The Labute approximate surface area is 101 Å². The van der Waals surface area contributed by atoms with Crippen molar-refractivity contribution in [3.8, 4) is 0 Å². The lowest BCUT2D eigenvalue weighted by Crippen LogP contribution is -2.49. The van der Waals surface area contributed by atoms with Crippen molar-refractivity contribution in [1.29, 1.82) is 0 Å². The van der Waals surface area contributed by atoms with E-state index in [1.165, 1.54) is 5.56 Å². The van der Waals surface area contributed by atoms with Crippen molar-refractivity contribution in [2.45, 2.75) is 19.4 Å². The molecule has 17 heavy (non-hydrogen) atoms. The Morgan fingerprint density at radius 1 is 1.47 bits per heavy atom. The molecule has 1 aliphatic heterocycles. The Morgan fingerprint density at radius 3 is 2.94 bits per heavy atom. The van der Waals surface area contributed by atoms with Crippen molar-refractivity contribution in [1.82, 2.24) is 0 Å². The number of carbonyl (C=O) groups excluding carboxylic acids is 1. The van der Waals surface area contributed by atoms with Gasteiger partial charge in [-0.05, 0) is 18.1 Å². The zero-order valence-corrected chi connectivity index (χ0v) is 10.1. The van der Waals surface area contributed by atoms with Crippen molar-refractivity contribution < 1.29 is 9.53 Å². The van der Waals surface area contributed by atoms with Crippen LogP contribution < -0.4 is 10.6 Å². The monoisotopic (exact) mass is 234 g/mol. The van der Waals surface area contributed by atoms with E-state index in [-0.39, 0.29) is 18.6 Å². The van der Waals surface area contributed by atoms with Crippen LogP contribution in [0.25, 0.3) is 0 Å². The molecule has 1 unspecified atom stereocenters. The van der Waals surface area contributed by atoms with E-state index in [0.717, 1.165) is 12.1 Å². The minimum Gasteiger partial charge on any atom is -0.365 e. The first-order valence-corrected chi connectivity index (χ1v) is 5.96. The zero-order chi connectivity index (χ0) is 12.3. The fourth-order valence-corrected chi connectivity index (χ4v) is 2.07. The van der Waals surface area contributed by atoms with Crippen LogP contribution in [0, 0.1) is 0 Å². The summed E-state index contributed by atoms with van der Waals surface area (Å²) in [5.74, 6) is 0.00981. The molecule has 4 nitrogen and oxygen atoms in total. The van der Waals surface area contributed by atoms with Crippen LogP contribution in [-0.4, -0.2) is 31.7 Å². The summed E-state index contributed by atoms with van der Waals surface area (Å²) in [6, 6.07) is 7.98. The Hall–Kier alpha value is -1.39. The number of nitrogens with two attached hydrogens (primary N) is 1. The fraction of sp³-hybridized carbons (Fsp3) is 0.462. The first-order chi connectivity index (χ1) is 8.26. The number of hydrogen-bond acceptors (Lipinski definition) is 3. The summed E-state index contributed by atoms with van der Waals surface area (Å²) in [4.78, 5) is 13.7. The zero-order valence-electron chi connectivity index (χ0n) is 10.1. The van der Waals surface area contributed by atoms with E-state index >= 15 is 0 Å². The van der Waals surface area contributed by atoms with Gasteiger partial charge < -0.3 is 15.4 Å². The number of nitrogens with zero attached hydrogens (tertiary/aromatic N) is 1. The number of aryl methyl sites for hydroxylation is 1. The molecule has 2 N–H and O–H groups in total. The largest absolute Gasteiger partial charge is 0.365 e. The van der Waals surface area contributed by atoms with E-state index in [1.807, 2.05) is 18.2 Å². The number of ether oxygens (including phenoxy) is 1. The minimum absolute atomic E-state index is 0.00981. The summed E-state index contributed by atoms with van der Waals surface area (Å²) < 4.78 is 5.35. The van der Waals surface area contributed by atoms with E-state index < -0.39 is 0 Å². The second kappa shape index (κ2) is 5.29. The van der Waals surface area contributed by atoms with Crippen LogP contribution >= 0.6 is 0 Å². The Balaban J connectivity index is 2.27. The smallest absolute Gasteiger partial charge is 0.253 e. The van der Waals surface area contributed by atoms with Gasteiger partial charge in [0, 0.05) is 12.2 Å². The fourth-order valence-electron chi connectivity index (χ4n) is 2.07. The van der Waals surface area contributed by atoms with Crippen molar-refractivity contribution in [2.75, 3.05) is 24.6 Å². The summed E-state index contributed by atoms with van der Waals surface area (Å²) in [5.41, 5.74) is 7.76. The molecule has 4 heteroatoms. The van der Waals surface area contributed by atoms with Crippen LogP contribution in [0.1, 0.15) is 12.5 Å². The van der Waals surface area contributed by atoms with Gasteiger partial charge in [-0.1, -0.05) is 25.1 Å². The minimum atomic E-state index is -0.0578. The number of anilines is 1. The molecular formula is C13H18N2O2. The van der Waals surface area contributed by atoms with Crippen LogP contribution in [0.4, 0.5) is 5.69 Å². The van der Waals surface area contributed by atoms with Crippen LogP contribution in [-0.2, 0) is 16.0 Å². The summed E-state index contributed by atoms with van der Waals surface area (Å²) in [7, 11) is 0. The Bertz CT molecular complexity index is 406. The third-order valence-electron chi connectivity index (χ3n) is 3.06. The quantitative estimate of drug-likeness (QED) is 0.846. The van der Waals surface area contributed by atoms with E-state index in [9.17, 15) is 4.79 Å². The molecule has 0 saturated carbocycles. The molecule has 0 aliphatic carbocycles. The van der Waals surface area contributed by atoms with Crippen molar-refractivity contribution in [3.05, 3.63) is 29.8 Å². The number of amides is 1. The molecule has 1 fully saturated rings. The summed E-state index contributed by atoms with van der Waals surface area (Å²) in [5, 5.41) is 0. The second-order valence-electron chi connectivity index (χ2n) is 4.16. The van der Waals surface area contributed by atoms with Gasteiger partial charge in [0.1, 0.15) is 6.61 Å². The van der Waals surface area contributed by atoms with Gasteiger partial charge in [-0.15, -0.1) is 0 Å². The van der Waals surface area contributed by atoms with Gasteiger partial charge >= 0.3 is 0 Å². The maximum Gasteiger partial charge on any atom is 0.253 e. The molecule has 92 valence electrons. The number of rotatable bonds is 3. The SMILES string of the molecule is CCc1ccccc1N1CC(CN)OCC1=O. The first-order valence-electron chi connectivity index (χ1n) is 5.96. The number of hydrogen-bond donors (Lipinski definition) is 1. The molecule has 1 heterocycles. The maximum atomic E-state index is 11.9. The summed E-state index contributed by atoms with van der Waals surface area (Å²) in [6.45, 7) is 3.20. The number of carbonyl (C=O) groups is 1. The molecule has 1 amide bonds. The van der Waals surface area contributed by atoms with Gasteiger partial charge in [-0.2, -0.15) is 0 Å². The molecule has 1 aromatic rings. The van der Waals surface area contributed by atoms with Gasteiger partial charge in [-0.25, -0.2) is 0 Å². The average molecular weight is 234 g/mol. The average Bonchev–Trinajstić information content (AvgIpc) is 2.39. The molecule has 1 saturated heterocycles. The third-order valence-corrected chi connectivity index (χ3v) is 3.06. The highest BCUT2D eigenvalue weighted by molar-refractivity contribution is 5.95. The van der Waals surface area contributed by atoms with E-state index in [2.05, 4.69) is 13.0 Å². The van der Waals surface area contributed by atoms with Crippen molar-refractivity contribution in [2.24, 2.45) is 5.73 Å². The van der Waals surface area contributed by atoms with E-state index in [4.69, 9.17) is 10.5 Å². The lowest BCUT2D eigenvalue weighted by Gasteiger charge is -2.33. The standard InChI is InChI=1S/C13H18N2O2/c1-2-10-5-3-4-6-12(10)15-8-11(7-14)17-9-13(15)16/h3-6,11H,2,7-9,14H2,1H3. The second-order valence-corrected chi connectivity index (χ2v) is 4.16. The van der Waals surface area contributed by atoms with Crippen LogP contribution in [0.15, 0.2) is 24.3 Å². The van der Waals surface area contributed by atoms with Gasteiger partial charge in [0.2, 0.25) is 0 Å².